The van der Waals surface area contributed by atoms with Crippen LogP contribution >= 0.6 is 34.8 Å². The predicted octanol–water partition coefficient (Wildman–Crippen LogP) is 17.2. The van der Waals surface area contributed by atoms with Gasteiger partial charge in [0, 0.05) is 207 Å². The van der Waals surface area contributed by atoms with Crippen LogP contribution in [0.3, 0.4) is 0 Å². The summed E-state index contributed by atoms with van der Waals surface area (Å²) in [6.07, 6.45) is 17.5. The van der Waals surface area contributed by atoms with Crippen molar-refractivity contribution in [2.24, 2.45) is 17.8 Å². The Kier molecular flexibility index (Phi) is 24.1. The lowest BCUT2D eigenvalue weighted by Crippen LogP contribution is -2.70. The van der Waals surface area contributed by atoms with Crippen LogP contribution in [-0.2, 0) is 22.4 Å². The highest BCUT2D eigenvalue weighted by molar-refractivity contribution is 6.38. The zero-order valence-electron chi connectivity index (χ0n) is 79.6. The number of piperazine rings is 2. The lowest BCUT2D eigenvalue weighted by atomic mass is 9.86. The molecule has 13 aliphatic heterocycles. The van der Waals surface area contributed by atoms with Crippen LogP contribution in [0.25, 0.3) is 111 Å². The Bertz CT molecular complexity index is 7680. The molecular formula is C109H101Cl3F6N22O6. The van der Waals surface area contributed by atoms with Gasteiger partial charge in [-0.25, -0.2) is 46.3 Å². The number of rotatable bonds is 26. The van der Waals surface area contributed by atoms with Crippen molar-refractivity contribution in [3.63, 3.8) is 0 Å². The van der Waals surface area contributed by atoms with Crippen LogP contribution in [0.1, 0.15) is 87.7 Å². The van der Waals surface area contributed by atoms with E-state index in [-0.39, 0.29) is 163 Å². The number of ether oxygens (including phenoxy) is 3. The van der Waals surface area contributed by atoms with E-state index in [4.69, 9.17) is 109 Å². The van der Waals surface area contributed by atoms with E-state index in [1.165, 1.54) is 18.3 Å². The van der Waals surface area contributed by atoms with E-state index in [9.17, 15) is 14.7 Å². The summed E-state index contributed by atoms with van der Waals surface area (Å²) in [4.78, 5) is 106. The molecule has 14 aromatic rings. The van der Waals surface area contributed by atoms with E-state index in [0.29, 0.717) is 190 Å². The average Bonchev–Trinajstić information content (AvgIpc) is 0.973. The molecule has 0 aliphatic carbocycles. The molecule has 15 atom stereocenters. The largest absolute Gasteiger partial charge is 0.461 e. The Hall–Kier alpha value is -13.1. The van der Waals surface area contributed by atoms with E-state index in [0.717, 1.165) is 48.4 Å². The molecule has 0 saturated carbocycles. The number of carbonyl (C=O) groups excluding carboxylic acids is 2. The van der Waals surface area contributed by atoms with Gasteiger partial charge in [-0.3, -0.25) is 44.1 Å². The first kappa shape index (κ1) is 94.0. The van der Waals surface area contributed by atoms with Crippen LogP contribution < -0.4 is 29.3 Å². The fraction of sp³-hybridized carbons (Fsp3) is 0.385. The zero-order chi connectivity index (χ0) is 99.5. The maximum atomic E-state index is 18.0. The number of hydrogen-bond acceptors (Lipinski definition) is 26. The number of nitrogens with one attached hydrogen (secondary N) is 1. The Morgan fingerprint density at radius 3 is 1.49 bits per heavy atom. The van der Waals surface area contributed by atoms with Gasteiger partial charge in [0.1, 0.15) is 107 Å². The molecule has 8 aromatic heterocycles. The lowest BCUT2D eigenvalue weighted by molar-refractivity contribution is -0.140. The van der Waals surface area contributed by atoms with Crippen molar-refractivity contribution >= 4 is 141 Å². The quantitative estimate of drug-likeness (QED) is 0.0376. The first-order valence-corrected chi connectivity index (χ1v) is 51.2. The number of alkyl halides is 3. The first-order chi connectivity index (χ1) is 70.9. The number of fused-ring (bicyclic) bond motifs is 13. The first-order valence-electron chi connectivity index (χ1n) is 50.0. The summed E-state index contributed by atoms with van der Waals surface area (Å²) in [7, 11) is 0. The van der Waals surface area contributed by atoms with E-state index >= 15 is 26.3 Å². The van der Waals surface area contributed by atoms with E-state index < -0.39 is 58.8 Å². The van der Waals surface area contributed by atoms with Crippen molar-refractivity contribution in [2.75, 3.05) is 113 Å². The molecule has 37 heteroatoms. The minimum atomic E-state index is -1.16. The van der Waals surface area contributed by atoms with Crippen molar-refractivity contribution < 1.29 is 55.2 Å². The number of amides is 2. The lowest BCUT2D eigenvalue weighted by Gasteiger charge is -2.57. The molecule has 0 radical (unpaired) electrons. The van der Waals surface area contributed by atoms with Gasteiger partial charge in [0.15, 0.2) is 17.5 Å². The zero-order valence-corrected chi connectivity index (χ0v) is 81.9. The number of aliphatic hydroxyl groups is 1. The van der Waals surface area contributed by atoms with Gasteiger partial charge in [0.25, 0.3) is 0 Å². The monoisotopic (exact) mass is 2030 g/mol. The molecule has 146 heavy (non-hydrogen) atoms. The van der Waals surface area contributed by atoms with Crippen molar-refractivity contribution in [1.29, 1.82) is 0 Å². The Labute approximate surface area is 850 Å². The fourth-order valence-electron chi connectivity index (χ4n) is 25.7. The van der Waals surface area contributed by atoms with Crippen LogP contribution in [0.2, 0.25) is 15.1 Å². The highest BCUT2D eigenvalue weighted by atomic mass is 35.5. The molecule has 7 unspecified atom stereocenters. The maximum Gasteiger partial charge on any atom is 0.319 e. The highest BCUT2D eigenvalue weighted by Crippen LogP contribution is 2.51. The minimum Gasteiger partial charge on any atom is -0.461 e. The number of halogens is 9. The molecule has 28 nitrogen and oxygen atoms in total. The van der Waals surface area contributed by atoms with Gasteiger partial charge < -0.3 is 44.2 Å². The molecule has 13 aliphatic rings. The second kappa shape index (κ2) is 37.4. The molecule has 6 aromatic carbocycles. The van der Waals surface area contributed by atoms with Gasteiger partial charge in [-0.15, -0.1) is 0 Å². The second-order valence-corrected chi connectivity index (χ2v) is 42.7. The standard InChI is InChI=1S/C109H101Cl3F6N22O6/c1-3-86(141)133-45-59(2)83(55-133)126-101-77-42-121-95(74-17-4-11-62-14-7-20-80(110)89(62)74)92(116)98(77)127-104(130-101)145-57-108-37-60(46-137(108)49-66(114)40-108)33-84-119-30-27-68(124-84)23-25-87(142)134-51-72-36-73(52-134)140(72)103-79-44-123-97(76-19-6-13-64-16-9-22-82(112)91(64)76)94(118)100(79)129-106(132-103)146-58-109-38-61(47-138(109)50-67(115)41-109)34-85-120-31-28-69(125-85)24-26-88(143)139-70-35-71(139)54-135(53-70)102-78-43-122-96(75-18-5-12-63-15-8-21-81(111)90(63)75)93(117)99(78)128-105(131-102)144-56-107-29-10-32-136(107)48-65(113)39-107/h3-9,11-28,30-31,42-44,59-61,65-67,70-73,83,87,142H,1,10,29,32-41,45-58H2,2H3,(H,126,127,130)/b25-23+,26-24+/t59-,60?,61?,65+,66+,67+,70?,71?,72?,73?,83-,87?,107-,108-,109-/m0/s1. The number of benzene rings is 6. The third kappa shape index (κ3) is 16.9. The van der Waals surface area contributed by atoms with Gasteiger partial charge in [-0.2, -0.15) is 29.9 Å². The molecule has 0 spiro atoms. The summed E-state index contributed by atoms with van der Waals surface area (Å²) in [5, 5.41) is 22.2. The van der Waals surface area contributed by atoms with Crippen molar-refractivity contribution in [1.82, 2.24) is 94.2 Å². The summed E-state index contributed by atoms with van der Waals surface area (Å²) >= 11 is 20.5. The predicted molar refractivity (Wildman–Crippen MR) is 546 cm³/mol. The summed E-state index contributed by atoms with van der Waals surface area (Å²) in [6.45, 7) is 10.7. The summed E-state index contributed by atoms with van der Waals surface area (Å²) in [6, 6.07) is 35.1. The highest BCUT2D eigenvalue weighted by Gasteiger charge is 2.57. The smallest absolute Gasteiger partial charge is 0.319 e. The number of hydrogen-bond donors (Lipinski definition) is 2. The van der Waals surface area contributed by atoms with Gasteiger partial charge in [0.05, 0.1) is 56.2 Å². The molecule has 2 amide bonds. The molecular weight excluding hydrogens is 1930 g/mol. The van der Waals surface area contributed by atoms with Crippen LogP contribution in [0.15, 0.2) is 177 Å². The molecule has 21 heterocycles. The van der Waals surface area contributed by atoms with E-state index in [2.05, 4.69) is 36.5 Å². The average molecular weight is 2040 g/mol. The summed E-state index contributed by atoms with van der Waals surface area (Å²) in [5.41, 5.74) is 0.532. The van der Waals surface area contributed by atoms with E-state index in [1.54, 1.807) is 96.4 Å². The number of aliphatic hydroxyl groups excluding tert-OH is 1. The number of carbonyl (C=O) groups is 2. The Morgan fingerprint density at radius 1 is 0.500 bits per heavy atom. The van der Waals surface area contributed by atoms with Crippen LogP contribution in [0.4, 0.5) is 43.8 Å². The minimum absolute atomic E-state index is 0.00381. The van der Waals surface area contributed by atoms with Gasteiger partial charge in [0.2, 0.25) is 11.8 Å². The molecule has 4 bridgehead atoms. The van der Waals surface area contributed by atoms with Crippen molar-refractivity contribution in [2.45, 2.75) is 149 Å². The van der Waals surface area contributed by atoms with Crippen LogP contribution in [-0.4, -0.2) is 281 Å². The molecule has 13 saturated heterocycles. The maximum absolute atomic E-state index is 18.0. The topological polar surface area (TPSA) is 288 Å². The van der Waals surface area contributed by atoms with E-state index in [1.807, 2.05) is 94.4 Å². The van der Waals surface area contributed by atoms with Crippen molar-refractivity contribution in [3.05, 3.63) is 233 Å². The second-order valence-electron chi connectivity index (χ2n) is 41.5. The normalized spacial score (nSPS) is 26.3. The SMILES string of the molecule is C=CC(=O)N1C[C@H](Nc2nc(OC[C@@]34CC(Cc5nccc(/C=C/C(O)N6CC7CC(C6)N7c6nc(OC[C@@]78CC(Cc9nccc(/C=C/C(=O)N%10C%11CC%10CN(c%10nc(OC[C@@]%12%13CCCN%12C[C@H](F)C%13)nc%12c(F)c(-c%13cccc%14cccc(Cl)c%13%14)ncc%10%12)C%11)n9)CN7C[C@H](F)C8)nc7c(F)c(-c8cccc9cccc(Cl)c89)ncc67)n5)CN3C[C@H](F)C4)nc3c(F)c(-c4cccc5cccc(Cl)c45)ncc23)[C@@H](C)C1. The molecule has 746 valence electrons. The number of piperidine rings is 2. The summed E-state index contributed by atoms with van der Waals surface area (Å²) < 4.78 is 120. The molecule has 13 fully saturated rings. The molecule has 27 rings (SSSR count). The number of likely N-dealkylation sites (tertiary alicyclic amines) is 1. The Balaban J connectivity index is 0.426. The fourth-order valence-corrected chi connectivity index (χ4v) is 26.6. The number of aromatic nitrogens is 13. The van der Waals surface area contributed by atoms with Crippen LogP contribution in [0, 0.1) is 35.2 Å². The number of pyridine rings is 3. The van der Waals surface area contributed by atoms with Crippen molar-refractivity contribution in [3.8, 4) is 51.8 Å². The van der Waals surface area contributed by atoms with Gasteiger partial charge in [-0.05, 0) is 134 Å². The third-order valence-electron chi connectivity index (χ3n) is 32.4. The number of nitrogens with zero attached hydrogens (tertiary/aromatic N) is 21. The Morgan fingerprint density at radius 2 is 0.959 bits per heavy atom. The molecule has 2 N–H and O–H groups in total. The summed E-state index contributed by atoms with van der Waals surface area (Å²) in [5.74, 6) is -0.363. The van der Waals surface area contributed by atoms with Gasteiger partial charge >= 0.3 is 18.0 Å². The third-order valence-corrected chi connectivity index (χ3v) is 33.3. The van der Waals surface area contributed by atoms with Crippen LogP contribution in [0.5, 0.6) is 18.0 Å². The number of anilines is 3. The van der Waals surface area contributed by atoms with Gasteiger partial charge in [-0.1, -0.05) is 139 Å².